The van der Waals surface area contributed by atoms with Crippen LogP contribution in [-0.4, -0.2) is 27.4 Å². The number of carbonyl (C=O) groups excluding carboxylic acids is 1. The van der Waals surface area contributed by atoms with Gasteiger partial charge in [-0.1, -0.05) is 24.9 Å². The maximum Gasteiger partial charge on any atom is 0.330 e. The molecular weight excluding hydrogens is 378 g/mol. The highest BCUT2D eigenvalue weighted by Crippen LogP contribution is 2.25. The number of nitrogens with zero attached hydrogens (tertiary/aromatic N) is 3. The zero-order valence-electron chi connectivity index (χ0n) is 14.7. The smallest absolute Gasteiger partial charge is 0.330 e. The molecule has 144 valence electrons. The van der Waals surface area contributed by atoms with Gasteiger partial charge in [-0.3, -0.25) is 29.3 Å². The van der Waals surface area contributed by atoms with Gasteiger partial charge >= 0.3 is 5.69 Å². The second-order valence-corrected chi connectivity index (χ2v) is 6.19. The Morgan fingerprint density at radius 3 is 2.67 bits per heavy atom. The number of amides is 1. The number of non-ortho nitro benzene ring substituents is 1. The molecule has 1 aromatic carbocycles. The lowest BCUT2D eigenvalue weighted by atomic mass is 10.1. The molecule has 2 aromatic rings. The van der Waals surface area contributed by atoms with Crippen LogP contribution >= 0.6 is 11.6 Å². The number of nitrogens with one attached hydrogen (secondary N) is 1. The highest BCUT2D eigenvalue weighted by molar-refractivity contribution is 6.34. The minimum atomic E-state index is -0.845. The highest BCUT2D eigenvalue weighted by Gasteiger charge is 2.25. The molecule has 1 amide bonds. The number of anilines is 2. The minimum absolute atomic E-state index is 0.0215. The Hall–Kier alpha value is -3.14. The van der Waals surface area contributed by atoms with E-state index >= 15 is 0 Å². The summed E-state index contributed by atoms with van der Waals surface area (Å²) in [5.41, 5.74) is 3.71. The number of nitrogens with two attached hydrogens (primary N) is 1. The van der Waals surface area contributed by atoms with Gasteiger partial charge in [-0.25, -0.2) is 4.79 Å². The van der Waals surface area contributed by atoms with E-state index in [0.717, 1.165) is 23.5 Å². The normalized spacial score (nSPS) is 10.6. The fourth-order valence-electron chi connectivity index (χ4n) is 2.51. The first-order valence-corrected chi connectivity index (χ1v) is 8.41. The lowest BCUT2D eigenvalue weighted by Crippen LogP contribution is -2.39. The number of nitrogen functional groups attached to an aromatic ring is 1. The van der Waals surface area contributed by atoms with Crippen LogP contribution in [0.4, 0.5) is 17.2 Å². The first-order valence-electron chi connectivity index (χ1n) is 8.03. The van der Waals surface area contributed by atoms with Gasteiger partial charge in [-0.05, 0) is 12.5 Å². The molecule has 0 unspecified atom stereocenters. The Morgan fingerprint density at radius 1 is 1.41 bits per heavy atom. The Labute approximate surface area is 158 Å². The molecule has 11 heteroatoms. The number of aromatic amines is 1. The van der Waals surface area contributed by atoms with Crippen LogP contribution in [0.1, 0.15) is 30.1 Å². The van der Waals surface area contributed by atoms with Crippen LogP contribution in [0.15, 0.2) is 27.8 Å². The molecule has 0 saturated heterocycles. The minimum Gasteiger partial charge on any atom is -0.383 e. The van der Waals surface area contributed by atoms with Gasteiger partial charge in [0, 0.05) is 25.7 Å². The predicted molar refractivity (Wildman–Crippen MR) is 101 cm³/mol. The number of halogens is 1. The van der Waals surface area contributed by atoms with Crippen LogP contribution in [-0.2, 0) is 6.54 Å². The monoisotopic (exact) mass is 395 g/mol. The van der Waals surface area contributed by atoms with Crippen molar-refractivity contribution >= 4 is 34.7 Å². The number of H-pyrrole nitrogens is 1. The lowest BCUT2D eigenvalue weighted by molar-refractivity contribution is -0.384. The van der Waals surface area contributed by atoms with Gasteiger partial charge in [0.25, 0.3) is 17.2 Å². The van der Waals surface area contributed by atoms with Gasteiger partial charge in [0.15, 0.2) is 5.69 Å². The number of nitro groups is 1. The van der Waals surface area contributed by atoms with Gasteiger partial charge < -0.3 is 10.6 Å². The van der Waals surface area contributed by atoms with Crippen LogP contribution in [0.3, 0.4) is 0 Å². The zero-order chi connectivity index (χ0) is 20.3. The number of aromatic nitrogens is 2. The molecule has 0 aliphatic rings. The molecule has 0 radical (unpaired) electrons. The fraction of sp³-hybridized carbons (Fsp3) is 0.312. The van der Waals surface area contributed by atoms with E-state index in [0.29, 0.717) is 6.42 Å². The predicted octanol–water partition coefficient (Wildman–Crippen LogP) is 1.76. The number of benzene rings is 1. The molecule has 27 heavy (non-hydrogen) atoms. The Bertz CT molecular complexity index is 1010. The Balaban J connectivity index is 2.55. The van der Waals surface area contributed by atoms with E-state index < -0.39 is 22.1 Å². The number of nitro benzene ring substituents is 1. The average molecular weight is 396 g/mol. The van der Waals surface area contributed by atoms with Gasteiger partial charge in [-0.15, -0.1) is 0 Å². The average Bonchev–Trinajstić information content (AvgIpc) is 2.60. The molecule has 1 heterocycles. The van der Waals surface area contributed by atoms with Gasteiger partial charge in [-0.2, -0.15) is 0 Å². The zero-order valence-corrected chi connectivity index (χ0v) is 15.4. The molecular formula is C16H18ClN5O5. The number of hydrogen-bond acceptors (Lipinski definition) is 6. The van der Waals surface area contributed by atoms with Gasteiger partial charge in [0.2, 0.25) is 0 Å². The van der Waals surface area contributed by atoms with E-state index in [1.54, 1.807) is 0 Å². The summed E-state index contributed by atoms with van der Waals surface area (Å²) in [4.78, 5) is 50.3. The number of hydrogen-bond donors (Lipinski definition) is 2. The molecule has 2 rings (SSSR count). The second kappa shape index (κ2) is 8.04. The maximum absolute atomic E-state index is 12.8. The largest absolute Gasteiger partial charge is 0.383 e. The summed E-state index contributed by atoms with van der Waals surface area (Å²) in [7, 11) is 1.27. The summed E-state index contributed by atoms with van der Waals surface area (Å²) in [6, 6.07) is 3.39. The second-order valence-electron chi connectivity index (χ2n) is 5.78. The van der Waals surface area contributed by atoms with Crippen molar-refractivity contribution in [3.05, 3.63) is 59.7 Å². The van der Waals surface area contributed by atoms with Crippen molar-refractivity contribution in [1.29, 1.82) is 0 Å². The molecule has 10 nitrogen and oxygen atoms in total. The Kier molecular flexibility index (Phi) is 6.01. The molecule has 0 aliphatic carbocycles. The van der Waals surface area contributed by atoms with Crippen molar-refractivity contribution in [3.63, 3.8) is 0 Å². The molecule has 0 aliphatic heterocycles. The molecule has 3 N–H and O–H groups in total. The molecule has 0 spiro atoms. The molecule has 0 saturated carbocycles. The lowest BCUT2D eigenvalue weighted by Gasteiger charge is -2.20. The first-order chi connectivity index (χ1) is 12.7. The van der Waals surface area contributed by atoms with E-state index in [1.807, 2.05) is 6.92 Å². The van der Waals surface area contributed by atoms with Crippen molar-refractivity contribution in [2.24, 2.45) is 0 Å². The van der Waals surface area contributed by atoms with E-state index in [9.17, 15) is 24.5 Å². The third-order valence-electron chi connectivity index (χ3n) is 3.98. The van der Waals surface area contributed by atoms with Crippen LogP contribution in [0, 0.1) is 10.1 Å². The summed E-state index contributed by atoms with van der Waals surface area (Å²) in [6.07, 6.45) is 1.43. The highest BCUT2D eigenvalue weighted by atomic mass is 35.5. The first kappa shape index (κ1) is 20.2. The van der Waals surface area contributed by atoms with Crippen LogP contribution in [0.25, 0.3) is 0 Å². The van der Waals surface area contributed by atoms with Crippen LogP contribution < -0.4 is 21.9 Å². The summed E-state index contributed by atoms with van der Waals surface area (Å²) < 4.78 is 1.17. The summed E-state index contributed by atoms with van der Waals surface area (Å²) in [5.74, 6) is -0.948. The van der Waals surface area contributed by atoms with Crippen molar-refractivity contribution in [2.75, 3.05) is 17.7 Å². The van der Waals surface area contributed by atoms with Crippen molar-refractivity contribution in [3.8, 4) is 0 Å². The Morgan fingerprint density at radius 2 is 2.07 bits per heavy atom. The fourth-order valence-corrected chi connectivity index (χ4v) is 2.71. The summed E-state index contributed by atoms with van der Waals surface area (Å²) in [6.45, 7) is 2.19. The van der Waals surface area contributed by atoms with Crippen molar-refractivity contribution in [1.82, 2.24) is 9.55 Å². The third-order valence-corrected chi connectivity index (χ3v) is 4.31. The molecule has 0 bridgehead atoms. The molecule has 0 fully saturated rings. The molecule has 0 atom stereocenters. The van der Waals surface area contributed by atoms with Gasteiger partial charge in [0.05, 0.1) is 15.5 Å². The molecule has 1 aromatic heterocycles. The van der Waals surface area contributed by atoms with E-state index in [4.69, 9.17) is 17.3 Å². The number of carbonyl (C=O) groups is 1. The van der Waals surface area contributed by atoms with Crippen LogP contribution in [0.2, 0.25) is 5.02 Å². The van der Waals surface area contributed by atoms with E-state index in [-0.39, 0.29) is 34.3 Å². The van der Waals surface area contributed by atoms with Crippen molar-refractivity contribution < 1.29 is 9.72 Å². The van der Waals surface area contributed by atoms with Crippen LogP contribution in [0.5, 0.6) is 0 Å². The quantitative estimate of drug-likeness (QED) is 0.563. The number of unbranched alkanes of at least 4 members (excludes halogenated alkanes) is 1. The standard InChI is InChI=1S/C16H18ClN5O5/c1-3-4-7-21-13(18)12(14(23)19-16(21)25)20(2)15(24)10-8-9(22(26)27)5-6-11(10)17/h5-6,8H,3-4,7,18H2,1-2H3,(H,19,23,25). The summed E-state index contributed by atoms with van der Waals surface area (Å²) in [5, 5.41) is 10.9. The van der Waals surface area contributed by atoms with Gasteiger partial charge in [0.1, 0.15) is 5.82 Å². The van der Waals surface area contributed by atoms with E-state index in [2.05, 4.69) is 4.98 Å². The maximum atomic E-state index is 12.8. The topological polar surface area (TPSA) is 144 Å². The van der Waals surface area contributed by atoms with E-state index in [1.165, 1.54) is 17.7 Å². The SMILES string of the molecule is CCCCn1c(N)c(N(C)C(=O)c2cc([N+](=O)[O-])ccc2Cl)c(=O)[nH]c1=O. The third kappa shape index (κ3) is 4.00. The summed E-state index contributed by atoms with van der Waals surface area (Å²) >= 11 is 5.99. The van der Waals surface area contributed by atoms with Crippen molar-refractivity contribution in [2.45, 2.75) is 26.3 Å². The number of rotatable bonds is 6.